The second-order valence-corrected chi connectivity index (χ2v) is 4.08. The van der Waals surface area contributed by atoms with Crippen LogP contribution >= 0.6 is 0 Å². The molecule has 2 rings (SSSR count). The number of likely N-dealkylation sites (tertiary alicyclic amines) is 1. The van der Waals surface area contributed by atoms with Crippen LogP contribution in [0.4, 0.5) is 0 Å². The molecule has 2 N–H and O–H groups in total. The van der Waals surface area contributed by atoms with Crippen LogP contribution in [0.15, 0.2) is 24.3 Å². The molecule has 5 nitrogen and oxygen atoms in total. The highest BCUT2D eigenvalue weighted by Crippen LogP contribution is 2.22. The van der Waals surface area contributed by atoms with Crippen molar-refractivity contribution in [3.8, 4) is 5.75 Å². The summed E-state index contributed by atoms with van der Waals surface area (Å²) < 4.78 is 0. The Hall–Kier alpha value is -2.04. The van der Waals surface area contributed by atoms with E-state index >= 15 is 0 Å². The number of phenols is 1. The monoisotopic (exact) mass is 235 g/mol. The number of aromatic hydroxyl groups is 1. The van der Waals surface area contributed by atoms with Crippen LogP contribution in [0.25, 0.3) is 0 Å². The van der Waals surface area contributed by atoms with E-state index in [1.807, 2.05) is 0 Å². The molecule has 1 aliphatic rings. The van der Waals surface area contributed by atoms with Gasteiger partial charge in [-0.05, 0) is 24.1 Å². The number of nitrogens with zero attached hydrogens (tertiary/aromatic N) is 1. The maximum atomic E-state index is 11.6. The quantitative estimate of drug-likeness (QED) is 0.818. The highest BCUT2D eigenvalue weighted by atomic mass is 16.4. The third-order valence-corrected chi connectivity index (χ3v) is 2.90. The number of carbonyl (C=O) groups excluding carboxylic acids is 1. The van der Waals surface area contributed by atoms with Gasteiger partial charge in [-0.2, -0.15) is 0 Å². The first-order chi connectivity index (χ1) is 8.08. The molecular weight excluding hydrogens is 222 g/mol. The highest BCUT2D eigenvalue weighted by molar-refractivity contribution is 5.87. The second kappa shape index (κ2) is 4.45. The number of carboxylic acids is 1. The average Bonchev–Trinajstić information content (AvgIpc) is 2.64. The summed E-state index contributed by atoms with van der Waals surface area (Å²) in [6, 6.07) is 5.67. The molecule has 1 fully saturated rings. The number of aliphatic carboxylic acids is 1. The lowest BCUT2D eigenvalue weighted by molar-refractivity contribution is -0.146. The van der Waals surface area contributed by atoms with Crippen molar-refractivity contribution in [1.29, 1.82) is 0 Å². The fourth-order valence-electron chi connectivity index (χ4n) is 1.99. The molecule has 1 atom stereocenters. The number of phenolic OH excluding ortho intramolecular Hbond substituents is 1. The molecule has 1 aliphatic heterocycles. The van der Waals surface area contributed by atoms with Gasteiger partial charge in [-0.1, -0.05) is 12.1 Å². The summed E-state index contributed by atoms with van der Waals surface area (Å²) in [6.07, 6.45) is 0.654. The van der Waals surface area contributed by atoms with Crippen molar-refractivity contribution in [2.45, 2.75) is 25.4 Å². The van der Waals surface area contributed by atoms with Gasteiger partial charge < -0.3 is 15.1 Å². The van der Waals surface area contributed by atoms with Crippen LogP contribution in [0.1, 0.15) is 18.4 Å². The minimum absolute atomic E-state index is 0.134. The molecule has 0 spiro atoms. The molecule has 0 unspecified atom stereocenters. The molecule has 0 aliphatic carbocycles. The van der Waals surface area contributed by atoms with Gasteiger partial charge in [0.2, 0.25) is 5.91 Å². The lowest BCUT2D eigenvalue weighted by Crippen LogP contribution is -2.37. The number of rotatable bonds is 3. The minimum Gasteiger partial charge on any atom is -0.508 e. The third kappa shape index (κ3) is 2.38. The van der Waals surface area contributed by atoms with Gasteiger partial charge in [0.15, 0.2) is 0 Å². The lowest BCUT2D eigenvalue weighted by atomic mass is 10.2. The molecule has 1 heterocycles. The smallest absolute Gasteiger partial charge is 0.326 e. The van der Waals surface area contributed by atoms with E-state index < -0.39 is 12.0 Å². The van der Waals surface area contributed by atoms with Crippen LogP contribution in [0.3, 0.4) is 0 Å². The van der Waals surface area contributed by atoms with Crippen molar-refractivity contribution >= 4 is 11.9 Å². The van der Waals surface area contributed by atoms with Gasteiger partial charge in [0.1, 0.15) is 11.8 Å². The molecule has 5 heteroatoms. The normalized spacial score (nSPS) is 19.6. The maximum Gasteiger partial charge on any atom is 0.326 e. The Balaban J connectivity index is 2.13. The average molecular weight is 235 g/mol. The first-order valence-corrected chi connectivity index (χ1v) is 5.38. The van der Waals surface area contributed by atoms with Crippen LogP contribution in [-0.4, -0.2) is 33.0 Å². The Bertz CT molecular complexity index is 440. The van der Waals surface area contributed by atoms with Gasteiger partial charge in [-0.15, -0.1) is 0 Å². The van der Waals surface area contributed by atoms with Gasteiger partial charge in [0.25, 0.3) is 0 Å². The van der Waals surface area contributed by atoms with Gasteiger partial charge in [0.05, 0.1) is 0 Å². The third-order valence-electron chi connectivity index (χ3n) is 2.90. The Morgan fingerprint density at radius 2 is 2.00 bits per heavy atom. The Morgan fingerprint density at radius 1 is 1.35 bits per heavy atom. The summed E-state index contributed by atoms with van der Waals surface area (Å²) in [4.78, 5) is 23.9. The number of hydrogen-bond acceptors (Lipinski definition) is 3. The zero-order chi connectivity index (χ0) is 12.4. The Kier molecular flexibility index (Phi) is 2.99. The van der Waals surface area contributed by atoms with E-state index in [1.165, 1.54) is 17.0 Å². The van der Waals surface area contributed by atoms with Gasteiger partial charge in [-0.3, -0.25) is 4.79 Å². The van der Waals surface area contributed by atoms with Crippen molar-refractivity contribution in [3.63, 3.8) is 0 Å². The summed E-state index contributed by atoms with van der Waals surface area (Å²) in [7, 11) is 0. The molecular formula is C12H13NO4. The van der Waals surface area contributed by atoms with Crippen molar-refractivity contribution in [2.24, 2.45) is 0 Å². The zero-order valence-electron chi connectivity index (χ0n) is 9.17. The van der Waals surface area contributed by atoms with E-state index in [9.17, 15) is 9.59 Å². The first kappa shape index (κ1) is 11.4. The van der Waals surface area contributed by atoms with Crippen LogP contribution in [0, 0.1) is 0 Å². The van der Waals surface area contributed by atoms with Crippen molar-refractivity contribution in [1.82, 2.24) is 4.90 Å². The van der Waals surface area contributed by atoms with E-state index in [0.29, 0.717) is 6.42 Å². The van der Waals surface area contributed by atoms with E-state index in [0.717, 1.165) is 5.56 Å². The fraction of sp³-hybridized carbons (Fsp3) is 0.333. The fourth-order valence-corrected chi connectivity index (χ4v) is 1.99. The summed E-state index contributed by atoms with van der Waals surface area (Å²) >= 11 is 0. The van der Waals surface area contributed by atoms with E-state index in [2.05, 4.69) is 0 Å². The van der Waals surface area contributed by atoms with Crippen LogP contribution in [-0.2, 0) is 16.1 Å². The molecule has 1 amide bonds. The molecule has 90 valence electrons. The van der Waals surface area contributed by atoms with E-state index in [4.69, 9.17) is 10.2 Å². The van der Waals surface area contributed by atoms with Crippen LogP contribution in [0.2, 0.25) is 0 Å². The summed E-state index contributed by atoms with van der Waals surface area (Å²) in [6.45, 7) is 0.274. The number of carboxylic acid groups (broad SMARTS) is 1. The summed E-state index contributed by atoms with van der Waals surface area (Å²) in [5, 5.41) is 18.1. The number of carbonyl (C=O) groups is 2. The molecule has 1 saturated heterocycles. The molecule has 0 radical (unpaired) electrons. The largest absolute Gasteiger partial charge is 0.508 e. The SMILES string of the molecule is O=C(O)[C@@H]1CCC(=O)N1Cc1ccc(O)cc1. The molecule has 1 aromatic carbocycles. The zero-order valence-corrected chi connectivity index (χ0v) is 9.17. The number of benzene rings is 1. The molecule has 0 bridgehead atoms. The standard InChI is InChI=1S/C12H13NO4/c14-9-3-1-8(2-4-9)7-13-10(12(16)17)5-6-11(13)15/h1-4,10,14H,5-7H2,(H,16,17)/t10-/m0/s1. The van der Waals surface area contributed by atoms with E-state index in [-0.39, 0.29) is 24.6 Å². The van der Waals surface area contributed by atoms with Crippen LogP contribution in [0.5, 0.6) is 5.75 Å². The number of hydrogen-bond donors (Lipinski definition) is 2. The molecule has 0 saturated carbocycles. The number of amides is 1. The van der Waals surface area contributed by atoms with E-state index in [1.54, 1.807) is 12.1 Å². The molecule has 1 aromatic rings. The van der Waals surface area contributed by atoms with Gasteiger partial charge in [0, 0.05) is 13.0 Å². The Morgan fingerprint density at radius 3 is 2.59 bits per heavy atom. The second-order valence-electron chi connectivity index (χ2n) is 4.08. The maximum absolute atomic E-state index is 11.6. The van der Waals surface area contributed by atoms with Crippen molar-refractivity contribution in [3.05, 3.63) is 29.8 Å². The highest BCUT2D eigenvalue weighted by Gasteiger charge is 2.35. The van der Waals surface area contributed by atoms with Gasteiger partial charge in [-0.25, -0.2) is 4.79 Å². The summed E-state index contributed by atoms with van der Waals surface area (Å²) in [5.74, 6) is -0.948. The molecule has 17 heavy (non-hydrogen) atoms. The Labute approximate surface area is 98.3 Å². The van der Waals surface area contributed by atoms with Crippen LogP contribution < -0.4 is 0 Å². The first-order valence-electron chi connectivity index (χ1n) is 5.38. The summed E-state index contributed by atoms with van der Waals surface area (Å²) in [5.41, 5.74) is 0.810. The van der Waals surface area contributed by atoms with Crippen molar-refractivity contribution in [2.75, 3.05) is 0 Å². The lowest BCUT2D eigenvalue weighted by Gasteiger charge is -2.21. The van der Waals surface area contributed by atoms with Gasteiger partial charge >= 0.3 is 5.97 Å². The molecule has 0 aromatic heterocycles. The topological polar surface area (TPSA) is 77.8 Å². The predicted molar refractivity (Wildman–Crippen MR) is 59.3 cm³/mol. The minimum atomic E-state index is -0.963. The predicted octanol–water partition coefficient (Wildman–Crippen LogP) is 0.968. The van der Waals surface area contributed by atoms with Crippen molar-refractivity contribution < 1.29 is 19.8 Å².